The monoisotopic (exact) mass is 358 g/mol. The van der Waals surface area contributed by atoms with E-state index in [1.807, 2.05) is 4.90 Å². The maximum absolute atomic E-state index is 12.4. The summed E-state index contributed by atoms with van der Waals surface area (Å²) in [6.45, 7) is 4.92. The van der Waals surface area contributed by atoms with Gasteiger partial charge in [0.15, 0.2) is 0 Å². The van der Waals surface area contributed by atoms with Gasteiger partial charge in [0.05, 0.1) is 23.3 Å². The Morgan fingerprint density at radius 3 is 2.78 bits per heavy atom. The fourth-order valence-electron chi connectivity index (χ4n) is 2.90. The normalized spacial score (nSPS) is 22.3. The van der Waals surface area contributed by atoms with Crippen molar-refractivity contribution in [3.05, 3.63) is 22.3 Å². The summed E-state index contributed by atoms with van der Waals surface area (Å²) in [5.41, 5.74) is 0. The van der Waals surface area contributed by atoms with Crippen LogP contribution >= 0.6 is 23.2 Å². The number of piperazine rings is 1. The first-order valence-corrected chi connectivity index (χ1v) is 8.54. The minimum Gasteiger partial charge on any atom is -0.378 e. The Kier molecular flexibility index (Phi) is 5.58. The van der Waals surface area contributed by atoms with E-state index in [0.717, 1.165) is 19.0 Å². The van der Waals surface area contributed by atoms with E-state index < -0.39 is 0 Å². The zero-order valence-electron chi connectivity index (χ0n) is 12.8. The summed E-state index contributed by atoms with van der Waals surface area (Å²) in [7, 11) is 0. The number of amides is 1. The second-order valence-electron chi connectivity index (χ2n) is 5.76. The van der Waals surface area contributed by atoms with Crippen molar-refractivity contribution >= 4 is 34.9 Å². The molecule has 0 radical (unpaired) electrons. The molecule has 6 nitrogen and oxygen atoms in total. The molecule has 1 amide bonds. The number of nitrogens with zero attached hydrogens (tertiary/aromatic N) is 3. The lowest BCUT2D eigenvalue weighted by Crippen LogP contribution is -2.51. The first-order chi connectivity index (χ1) is 11.1. The van der Waals surface area contributed by atoms with Crippen molar-refractivity contribution in [1.82, 2.24) is 15.2 Å². The van der Waals surface area contributed by atoms with Gasteiger partial charge in [0.25, 0.3) is 0 Å². The summed E-state index contributed by atoms with van der Waals surface area (Å²) >= 11 is 12.1. The van der Waals surface area contributed by atoms with Crippen molar-refractivity contribution in [3.8, 4) is 0 Å². The van der Waals surface area contributed by atoms with E-state index in [9.17, 15) is 4.79 Å². The van der Waals surface area contributed by atoms with Crippen LogP contribution in [0.3, 0.4) is 0 Å². The van der Waals surface area contributed by atoms with E-state index in [-0.39, 0.29) is 11.9 Å². The molecule has 8 heteroatoms. The zero-order chi connectivity index (χ0) is 16.2. The summed E-state index contributed by atoms with van der Waals surface area (Å²) in [5, 5.41) is 4.38. The van der Waals surface area contributed by atoms with E-state index in [0.29, 0.717) is 49.3 Å². The third-order valence-corrected chi connectivity index (χ3v) is 4.62. The highest BCUT2D eigenvalue weighted by molar-refractivity contribution is 6.36. The molecule has 2 aliphatic heterocycles. The number of rotatable bonds is 3. The molecule has 0 bridgehead atoms. The van der Waals surface area contributed by atoms with Crippen molar-refractivity contribution in [2.24, 2.45) is 0 Å². The Hall–Kier alpha value is -1.08. The number of nitrogens with one attached hydrogen (secondary N) is 1. The molecule has 2 fully saturated rings. The molecule has 1 aromatic rings. The van der Waals surface area contributed by atoms with E-state index >= 15 is 0 Å². The Morgan fingerprint density at radius 1 is 1.35 bits per heavy atom. The molecule has 0 spiro atoms. The first-order valence-electron chi connectivity index (χ1n) is 7.78. The Balaban J connectivity index is 1.52. The van der Waals surface area contributed by atoms with Crippen LogP contribution in [-0.2, 0) is 9.53 Å². The summed E-state index contributed by atoms with van der Waals surface area (Å²) in [6, 6.07) is 1.82. The van der Waals surface area contributed by atoms with Gasteiger partial charge in [-0.3, -0.25) is 4.79 Å². The molecule has 0 saturated carbocycles. The van der Waals surface area contributed by atoms with Gasteiger partial charge in [0, 0.05) is 51.4 Å². The molecular formula is C15H20Cl2N4O2. The predicted molar refractivity (Wildman–Crippen MR) is 90.3 cm³/mol. The molecule has 1 unspecified atom stereocenters. The van der Waals surface area contributed by atoms with Gasteiger partial charge in [0.1, 0.15) is 5.82 Å². The average molecular weight is 359 g/mol. The third kappa shape index (κ3) is 4.26. The minimum absolute atomic E-state index is 0.127. The molecule has 0 aliphatic carbocycles. The van der Waals surface area contributed by atoms with Gasteiger partial charge >= 0.3 is 0 Å². The molecule has 1 atom stereocenters. The van der Waals surface area contributed by atoms with Crippen LogP contribution in [-0.4, -0.2) is 67.8 Å². The molecule has 3 heterocycles. The summed E-state index contributed by atoms with van der Waals surface area (Å²) in [6.07, 6.45) is 2.08. The van der Waals surface area contributed by atoms with Crippen molar-refractivity contribution < 1.29 is 9.53 Å². The van der Waals surface area contributed by atoms with Crippen molar-refractivity contribution in [2.45, 2.75) is 12.5 Å². The second kappa shape index (κ2) is 7.66. The quantitative estimate of drug-likeness (QED) is 0.885. The van der Waals surface area contributed by atoms with E-state index in [4.69, 9.17) is 27.9 Å². The number of morpholine rings is 1. The number of pyridine rings is 1. The fourth-order valence-corrected chi connectivity index (χ4v) is 3.40. The van der Waals surface area contributed by atoms with Gasteiger partial charge in [-0.1, -0.05) is 23.2 Å². The van der Waals surface area contributed by atoms with Crippen LogP contribution in [0.1, 0.15) is 6.42 Å². The highest BCUT2D eigenvalue weighted by Gasteiger charge is 2.25. The number of hydrogen-bond acceptors (Lipinski definition) is 5. The number of anilines is 1. The Morgan fingerprint density at radius 2 is 2.13 bits per heavy atom. The number of aromatic nitrogens is 1. The van der Waals surface area contributed by atoms with E-state index in [2.05, 4.69) is 15.2 Å². The highest BCUT2D eigenvalue weighted by atomic mass is 35.5. The van der Waals surface area contributed by atoms with Crippen LogP contribution in [0.25, 0.3) is 0 Å². The number of carbonyl (C=O) groups excluding carboxylic acids is 1. The third-order valence-electron chi connectivity index (χ3n) is 4.14. The Labute approximate surface area is 145 Å². The topological polar surface area (TPSA) is 57.7 Å². The Bertz CT molecular complexity index is 558. The van der Waals surface area contributed by atoms with Gasteiger partial charge in [-0.25, -0.2) is 4.98 Å². The molecule has 126 valence electrons. The minimum atomic E-state index is 0.127. The molecule has 23 heavy (non-hydrogen) atoms. The SMILES string of the molecule is O=C(CC1COCCN1)N1CCN(c2ncc(Cl)cc2Cl)CC1. The molecule has 1 N–H and O–H groups in total. The lowest BCUT2D eigenvalue weighted by molar-refractivity contribution is -0.132. The summed E-state index contributed by atoms with van der Waals surface area (Å²) < 4.78 is 5.39. The van der Waals surface area contributed by atoms with Crippen LogP contribution in [0.5, 0.6) is 0 Å². The maximum atomic E-state index is 12.4. The van der Waals surface area contributed by atoms with Gasteiger partial charge in [-0.15, -0.1) is 0 Å². The lowest BCUT2D eigenvalue weighted by Gasteiger charge is -2.36. The van der Waals surface area contributed by atoms with Crippen molar-refractivity contribution in [2.75, 3.05) is 50.8 Å². The summed E-state index contributed by atoms with van der Waals surface area (Å²) in [5.74, 6) is 0.897. The molecular weight excluding hydrogens is 339 g/mol. The molecule has 0 aromatic carbocycles. The van der Waals surface area contributed by atoms with Crippen LogP contribution in [0, 0.1) is 0 Å². The van der Waals surface area contributed by atoms with Crippen LogP contribution in [0.4, 0.5) is 5.82 Å². The largest absolute Gasteiger partial charge is 0.378 e. The zero-order valence-corrected chi connectivity index (χ0v) is 14.3. The van der Waals surface area contributed by atoms with Gasteiger partial charge in [-0.05, 0) is 6.07 Å². The fraction of sp³-hybridized carbons (Fsp3) is 0.600. The number of ether oxygens (including phenoxy) is 1. The van der Waals surface area contributed by atoms with Crippen LogP contribution in [0.15, 0.2) is 12.3 Å². The van der Waals surface area contributed by atoms with Crippen LogP contribution in [0.2, 0.25) is 10.0 Å². The predicted octanol–water partition coefficient (Wildman–Crippen LogP) is 1.42. The van der Waals surface area contributed by atoms with Crippen molar-refractivity contribution in [3.63, 3.8) is 0 Å². The first kappa shape index (κ1) is 16.8. The van der Waals surface area contributed by atoms with Gasteiger partial charge in [-0.2, -0.15) is 0 Å². The number of halogens is 2. The van der Waals surface area contributed by atoms with Crippen molar-refractivity contribution in [1.29, 1.82) is 0 Å². The molecule has 3 rings (SSSR count). The molecule has 2 aliphatic rings. The molecule has 2 saturated heterocycles. The number of carbonyl (C=O) groups is 1. The van der Waals surface area contributed by atoms with E-state index in [1.165, 1.54) is 0 Å². The second-order valence-corrected chi connectivity index (χ2v) is 6.60. The summed E-state index contributed by atoms with van der Waals surface area (Å²) in [4.78, 5) is 20.7. The highest BCUT2D eigenvalue weighted by Crippen LogP contribution is 2.26. The van der Waals surface area contributed by atoms with Crippen LogP contribution < -0.4 is 10.2 Å². The lowest BCUT2D eigenvalue weighted by atomic mass is 10.1. The van der Waals surface area contributed by atoms with Gasteiger partial charge < -0.3 is 19.9 Å². The molecule has 1 aromatic heterocycles. The maximum Gasteiger partial charge on any atom is 0.224 e. The smallest absolute Gasteiger partial charge is 0.224 e. The number of hydrogen-bond donors (Lipinski definition) is 1. The average Bonchev–Trinajstić information content (AvgIpc) is 2.56. The van der Waals surface area contributed by atoms with Gasteiger partial charge in [0.2, 0.25) is 5.91 Å². The standard InChI is InChI=1S/C15H20Cl2N4O2/c16-11-7-13(17)15(19-9-11)21-4-2-20(3-5-21)14(22)8-12-10-23-6-1-18-12/h7,9,12,18H,1-6,8,10H2. The van der Waals surface area contributed by atoms with E-state index in [1.54, 1.807) is 12.3 Å².